The van der Waals surface area contributed by atoms with Gasteiger partial charge in [0.25, 0.3) is 0 Å². The van der Waals surface area contributed by atoms with Crippen LogP contribution in [0.3, 0.4) is 0 Å². The Hall–Kier alpha value is -2.17. The maximum absolute atomic E-state index is 11.8. The van der Waals surface area contributed by atoms with Crippen molar-refractivity contribution in [3.8, 4) is 0 Å². The van der Waals surface area contributed by atoms with E-state index in [-0.39, 0.29) is 18.3 Å². The highest BCUT2D eigenvalue weighted by Crippen LogP contribution is 2.29. The highest BCUT2D eigenvalue weighted by Gasteiger charge is 2.36. The molecule has 1 heterocycles. The second-order valence-electron chi connectivity index (χ2n) is 5.51. The second kappa shape index (κ2) is 7.73. The molecule has 1 fully saturated rings. The molecule has 0 aliphatic carbocycles. The highest BCUT2D eigenvalue weighted by molar-refractivity contribution is 5.99. The van der Waals surface area contributed by atoms with E-state index in [9.17, 15) is 14.4 Å². The summed E-state index contributed by atoms with van der Waals surface area (Å²) >= 11 is 0. The second-order valence-corrected chi connectivity index (χ2v) is 5.51. The Labute approximate surface area is 130 Å². The van der Waals surface area contributed by atoms with E-state index in [4.69, 9.17) is 4.74 Å². The first-order valence-corrected chi connectivity index (χ1v) is 7.66. The molecule has 2 rings (SSSR count). The van der Waals surface area contributed by atoms with Gasteiger partial charge in [0.15, 0.2) is 0 Å². The predicted octanol–water partition coefficient (Wildman–Crippen LogP) is 2.31. The molecule has 1 aliphatic heterocycles. The summed E-state index contributed by atoms with van der Waals surface area (Å²) in [7, 11) is 0. The summed E-state index contributed by atoms with van der Waals surface area (Å²) in [5.74, 6) is -0.940. The lowest BCUT2D eigenvalue weighted by molar-refractivity contribution is -0.144. The Morgan fingerprint density at radius 3 is 2.68 bits per heavy atom. The summed E-state index contributed by atoms with van der Waals surface area (Å²) in [5, 5.41) is 2.60. The van der Waals surface area contributed by atoms with E-state index < -0.39 is 17.9 Å². The van der Waals surface area contributed by atoms with Crippen LogP contribution in [0.1, 0.15) is 50.7 Å². The van der Waals surface area contributed by atoms with Gasteiger partial charge in [-0.2, -0.15) is 0 Å². The van der Waals surface area contributed by atoms with Crippen LogP contribution in [-0.4, -0.2) is 23.7 Å². The number of hydrogen-bond acceptors (Lipinski definition) is 4. The standard InChI is InChI=1S/C17H21NO4/c1-2-3-9-13(19)10-16(20)18-14-11-15(22-17(14)21)12-7-5-4-6-8-12/h4-8,14-15H,2-3,9-11H2,1H3,(H,18,20). The van der Waals surface area contributed by atoms with Gasteiger partial charge in [-0.25, -0.2) is 4.79 Å². The number of amides is 1. The van der Waals surface area contributed by atoms with Crippen molar-refractivity contribution in [3.05, 3.63) is 35.9 Å². The topological polar surface area (TPSA) is 72.5 Å². The Bertz CT molecular complexity index is 541. The molecule has 1 saturated heterocycles. The van der Waals surface area contributed by atoms with Crippen LogP contribution in [0.25, 0.3) is 0 Å². The quantitative estimate of drug-likeness (QED) is 0.620. The smallest absolute Gasteiger partial charge is 0.329 e. The van der Waals surface area contributed by atoms with E-state index in [1.54, 1.807) is 0 Å². The minimum atomic E-state index is -0.670. The van der Waals surface area contributed by atoms with Crippen molar-refractivity contribution in [2.24, 2.45) is 0 Å². The average Bonchev–Trinajstić information content (AvgIpc) is 2.87. The Balaban J connectivity index is 1.84. The molecule has 5 nitrogen and oxygen atoms in total. The summed E-state index contributed by atoms with van der Waals surface area (Å²) in [5.41, 5.74) is 0.909. The number of ether oxygens (including phenoxy) is 1. The molecule has 0 saturated carbocycles. The third kappa shape index (κ3) is 4.41. The van der Waals surface area contributed by atoms with Crippen molar-refractivity contribution in [3.63, 3.8) is 0 Å². The summed E-state index contributed by atoms with van der Waals surface area (Å²) in [6.45, 7) is 1.99. The van der Waals surface area contributed by atoms with E-state index in [0.29, 0.717) is 12.8 Å². The van der Waals surface area contributed by atoms with Crippen LogP contribution < -0.4 is 5.32 Å². The van der Waals surface area contributed by atoms with Crippen LogP contribution in [0, 0.1) is 0 Å². The number of Topliss-reactive ketones (excluding diaryl/α,β-unsaturated/α-hetero) is 1. The maximum atomic E-state index is 11.8. The predicted molar refractivity (Wildman–Crippen MR) is 81.0 cm³/mol. The largest absolute Gasteiger partial charge is 0.456 e. The molecular formula is C17H21NO4. The fourth-order valence-corrected chi connectivity index (χ4v) is 2.46. The highest BCUT2D eigenvalue weighted by atomic mass is 16.6. The molecule has 0 aromatic heterocycles. The van der Waals surface area contributed by atoms with Crippen LogP contribution >= 0.6 is 0 Å². The SMILES string of the molecule is CCCCC(=O)CC(=O)NC1CC(c2ccccc2)OC1=O. The molecule has 0 spiro atoms. The van der Waals surface area contributed by atoms with Crippen molar-refractivity contribution in [1.82, 2.24) is 5.32 Å². The summed E-state index contributed by atoms with van der Waals surface area (Å²) < 4.78 is 5.29. The van der Waals surface area contributed by atoms with Crippen LogP contribution in [0.5, 0.6) is 0 Å². The molecular weight excluding hydrogens is 282 g/mol. The first-order chi connectivity index (χ1) is 10.6. The summed E-state index contributed by atoms with van der Waals surface area (Å²) in [6, 6.07) is 8.74. The zero-order chi connectivity index (χ0) is 15.9. The summed E-state index contributed by atoms with van der Waals surface area (Å²) in [4.78, 5) is 35.2. The van der Waals surface area contributed by atoms with Gasteiger partial charge in [-0.1, -0.05) is 43.7 Å². The van der Waals surface area contributed by atoms with E-state index in [1.807, 2.05) is 37.3 Å². The zero-order valence-corrected chi connectivity index (χ0v) is 12.7. The molecule has 1 aromatic rings. The van der Waals surface area contributed by atoms with Crippen LogP contribution in [-0.2, 0) is 19.1 Å². The van der Waals surface area contributed by atoms with E-state index >= 15 is 0 Å². The lowest BCUT2D eigenvalue weighted by Crippen LogP contribution is -2.38. The molecule has 5 heteroatoms. The molecule has 1 amide bonds. The van der Waals surface area contributed by atoms with E-state index in [0.717, 1.165) is 18.4 Å². The van der Waals surface area contributed by atoms with Gasteiger partial charge in [-0.15, -0.1) is 0 Å². The number of ketones is 1. The fourth-order valence-electron chi connectivity index (χ4n) is 2.46. The number of cyclic esters (lactones) is 1. The fraction of sp³-hybridized carbons (Fsp3) is 0.471. The van der Waals surface area contributed by atoms with Crippen molar-refractivity contribution in [2.75, 3.05) is 0 Å². The number of nitrogens with one attached hydrogen (secondary N) is 1. The van der Waals surface area contributed by atoms with E-state index in [1.165, 1.54) is 0 Å². The van der Waals surface area contributed by atoms with Gasteiger partial charge in [0.2, 0.25) is 5.91 Å². The average molecular weight is 303 g/mol. The lowest BCUT2D eigenvalue weighted by Gasteiger charge is -2.09. The molecule has 22 heavy (non-hydrogen) atoms. The number of carbonyl (C=O) groups excluding carboxylic acids is 3. The van der Waals surface area contributed by atoms with Gasteiger partial charge in [-0.05, 0) is 12.0 Å². The molecule has 1 N–H and O–H groups in total. The first kappa shape index (κ1) is 16.2. The number of rotatable bonds is 7. The van der Waals surface area contributed by atoms with E-state index in [2.05, 4.69) is 5.32 Å². The van der Waals surface area contributed by atoms with Gasteiger partial charge in [0.1, 0.15) is 17.9 Å². The van der Waals surface area contributed by atoms with Gasteiger partial charge in [0, 0.05) is 12.8 Å². The van der Waals surface area contributed by atoms with Gasteiger partial charge >= 0.3 is 5.97 Å². The Kier molecular flexibility index (Phi) is 5.69. The Morgan fingerprint density at radius 2 is 2.00 bits per heavy atom. The number of benzene rings is 1. The number of carbonyl (C=O) groups is 3. The monoisotopic (exact) mass is 303 g/mol. The molecule has 0 radical (unpaired) electrons. The first-order valence-electron chi connectivity index (χ1n) is 7.66. The third-order valence-electron chi connectivity index (χ3n) is 3.67. The maximum Gasteiger partial charge on any atom is 0.329 e. The third-order valence-corrected chi connectivity index (χ3v) is 3.67. The molecule has 0 bridgehead atoms. The molecule has 2 atom stereocenters. The number of esters is 1. The summed E-state index contributed by atoms with van der Waals surface area (Å²) in [6.07, 6.45) is 2.01. The molecule has 1 aromatic carbocycles. The van der Waals surface area contributed by atoms with Gasteiger partial charge in [-0.3, -0.25) is 9.59 Å². The lowest BCUT2D eigenvalue weighted by atomic mass is 10.0. The van der Waals surface area contributed by atoms with Crippen LogP contribution in [0.2, 0.25) is 0 Å². The molecule has 1 aliphatic rings. The van der Waals surface area contributed by atoms with Crippen molar-refractivity contribution in [1.29, 1.82) is 0 Å². The van der Waals surface area contributed by atoms with Gasteiger partial charge < -0.3 is 10.1 Å². The number of hydrogen-bond donors (Lipinski definition) is 1. The molecule has 118 valence electrons. The minimum Gasteiger partial charge on any atom is -0.456 e. The van der Waals surface area contributed by atoms with Crippen LogP contribution in [0.4, 0.5) is 0 Å². The molecule has 2 unspecified atom stereocenters. The normalized spacial score (nSPS) is 20.5. The number of unbranched alkanes of at least 4 members (excludes halogenated alkanes) is 1. The van der Waals surface area contributed by atoms with Crippen molar-refractivity contribution >= 4 is 17.7 Å². The van der Waals surface area contributed by atoms with Crippen LogP contribution in [0.15, 0.2) is 30.3 Å². The van der Waals surface area contributed by atoms with Crippen molar-refractivity contribution < 1.29 is 19.1 Å². The van der Waals surface area contributed by atoms with Crippen molar-refractivity contribution in [2.45, 2.75) is 51.2 Å². The Morgan fingerprint density at radius 1 is 1.27 bits per heavy atom. The van der Waals surface area contributed by atoms with Gasteiger partial charge in [0.05, 0.1) is 6.42 Å². The minimum absolute atomic E-state index is 0.0923. The zero-order valence-electron chi connectivity index (χ0n) is 12.7.